The number of aromatic nitrogens is 1. The van der Waals surface area contributed by atoms with Crippen LogP contribution in [-0.4, -0.2) is 65.1 Å². The van der Waals surface area contributed by atoms with Gasteiger partial charge in [-0.1, -0.05) is 6.08 Å². The average molecular weight is 482 g/mol. The molecule has 1 saturated carbocycles. The second kappa shape index (κ2) is 9.20. The minimum absolute atomic E-state index is 0.121. The molecule has 4 unspecified atom stereocenters. The normalized spacial score (nSPS) is 25.6. The highest BCUT2D eigenvalue weighted by Gasteiger charge is 2.55. The van der Waals surface area contributed by atoms with Gasteiger partial charge in [0.15, 0.2) is 0 Å². The van der Waals surface area contributed by atoms with Crippen molar-refractivity contribution in [2.75, 3.05) is 13.7 Å². The van der Waals surface area contributed by atoms with E-state index in [1.807, 2.05) is 24.3 Å². The number of methoxy groups -OCH3 is 1. The number of benzene rings is 1. The number of likely N-dealkylation sites (tertiary alicyclic amines) is 1. The molecule has 1 aliphatic carbocycles. The number of rotatable bonds is 7. The summed E-state index contributed by atoms with van der Waals surface area (Å²) < 4.78 is 17.0. The molecule has 1 N–H and O–H groups in total. The summed E-state index contributed by atoms with van der Waals surface area (Å²) in [5, 5.41) is 4.50. The van der Waals surface area contributed by atoms with Crippen molar-refractivity contribution in [1.29, 1.82) is 0 Å². The maximum absolute atomic E-state index is 13.2. The van der Waals surface area contributed by atoms with Crippen LogP contribution in [0.15, 0.2) is 43.1 Å². The van der Waals surface area contributed by atoms with Crippen LogP contribution >= 0.6 is 0 Å². The van der Waals surface area contributed by atoms with Gasteiger partial charge in [-0.3, -0.25) is 9.69 Å². The highest BCUT2D eigenvalue weighted by atomic mass is 16.6. The Bertz CT molecular complexity index is 1160. The number of aldehydes is 1. The molecule has 2 aliphatic rings. The van der Waals surface area contributed by atoms with Gasteiger partial charge < -0.3 is 24.3 Å². The first-order valence-electron chi connectivity index (χ1n) is 11.6. The summed E-state index contributed by atoms with van der Waals surface area (Å²) in [6, 6.07) is 6.56. The number of carbonyl (C=O) groups excluding carboxylic acids is 3. The molecule has 2 fully saturated rings. The number of hydrogen-bond donors (Lipinski definition) is 1. The average Bonchev–Trinajstić information content (AvgIpc) is 3.35. The zero-order valence-electron chi connectivity index (χ0n) is 20.4. The Morgan fingerprint density at radius 1 is 1.29 bits per heavy atom. The molecule has 35 heavy (non-hydrogen) atoms. The summed E-state index contributed by atoms with van der Waals surface area (Å²) in [6.45, 7) is 9.15. The van der Waals surface area contributed by atoms with E-state index in [9.17, 15) is 14.4 Å². The third-order valence-corrected chi connectivity index (χ3v) is 6.32. The molecule has 0 spiro atoms. The van der Waals surface area contributed by atoms with E-state index in [1.54, 1.807) is 40.2 Å². The number of ether oxygens (including phenoxy) is 3. The Balaban J connectivity index is 1.56. The first kappa shape index (κ1) is 24.5. The van der Waals surface area contributed by atoms with Crippen LogP contribution in [0, 0.1) is 5.92 Å². The van der Waals surface area contributed by atoms with Gasteiger partial charge in [0.25, 0.3) is 0 Å². The number of nitrogens with one attached hydrogen (secondary N) is 1. The van der Waals surface area contributed by atoms with Gasteiger partial charge in [-0.15, -0.1) is 6.58 Å². The summed E-state index contributed by atoms with van der Waals surface area (Å²) in [5.41, 5.74) is -1.70. The highest BCUT2D eigenvalue weighted by molar-refractivity contribution is 5.91. The topological polar surface area (TPSA) is 107 Å². The van der Waals surface area contributed by atoms with E-state index in [-0.39, 0.29) is 18.9 Å². The molecule has 0 radical (unpaired) electrons. The smallest absolute Gasteiger partial charge is 0.411 e. The van der Waals surface area contributed by atoms with Crippen molar-refractivity contribution in [3.8, 4) is 11.6 Å². The number of nitrogens with zero attached hydrogens (tertiary/aromatic N) is 2. The molecule has 1 aromatic carbocycles. The van der Waals surface area contributed by atoms with Crippen molar-refractivity contribution >= 4 is 29.1 Å². The van der Waals surface area contributed by atoms with E-state index >= 15 is 0 Å². The minimum Gasteiger partial charge on any atom is -0.497 e. The molecule has 2 aromatic rings. The van der Waals surface area contributed by atoms with Gasteiger partial charge in [0.1, 0.15) is 35.3 Å². The molecule has 186 valence electrons. The second-order valence-corrected chi connectivity index (χ2v) is 10.0. The minimum atomic E-state index is -0.965. The van der Waals surface area contributed by atoms with Gasteiger partial charge in [0.2, 0.25) is 11.8 Å². The molecule has 4 rings (SSSR count). The van der Waals surface area contributed by atoms with Crippen molar-refractivity contribution in [3.63, 3.8) is 0 Å². The zero-order valence-corrected chi connectivity index (χ0v) is 20.4. The first-order valence-corrected chi connectivity index (χ1v) is 11.6. The maximum atomic E-state index is 13.2. The largest absolute Gasteiger partial charge is 0.497 e. The number of hydrogen-bond acceptors (Lipinski definition) is 7. The van der Waals surface area contributed by atoms with Crippen LogP contribution in [0.2, 0.25) is 0 Å². The highest BCUT2D eigenvalue weighted by Crippen LogP contribution is 2.43. The van der Waals surface area contributed by atoms with Crippen LogP contribution in [0.4, 0.5) is 4.79 Å². The molecular formula is C26H31N3O6. The third-order valence-electron chi connectivity index (χ3n) is 6.32. The number of carbonyl (C=O) groups is 3. The van der Waals surface area contributed by atoms with Gasteiger partial charge >= 0.3 is 6.09 Å². The molecule has 9 nitrogen and oxygen atoms in total. The summed E-state index contributed by atoms with van der Waals surface area (Å²) in [7, 11) is 1.60. The predicted octanol–water partition coefficient (Wildman–Crippen LogP) is 3.26. The predicted molar refractivity (Wildman–Crippen MR) is 129 cm³/mol. The van der Waals surface area contributed by atoms with Crippen LogP contribution in [-0.2, 0) is 14.3 Å². The molecule has 1 aliphatic heterocycles. The number of pyridine rings is 1. The molecule has 1 saturated heterocycles. The molecule has 0 bridgehead atoms. The molecule has 2 heterocycles. The van der Waals surface area contributed by atoms with E-state index in [0.29, 0.717) is 18.1 Å². The quantitative estimate of drug-likeness (QED) is 0.478. The van der Waals surface area contributed by atoms with Crippen LogP contribution in [0.25, 0.3) is 10.8 Å². The van der Waals surface area contributed by atoms with E-state index in [1.165, 1.54) is 4.90 Å². The Kier molecular flexibility index (Phi) is 6.44. The van der Waals surface area contributed by atoms with Gasteiger partial charge in [-0.2, -0.15) is 0 Å². The molecule has 1 aromatic heterocycles. The number of fused-ring (bicyclic) bond motifs is 1. The fraction of sp³-hybridized carbons (Fsp3) is 0.462. The van der Waals surface area contributed by atoms with Crippen molar-refractivity contribution in [2.45, 2.75) is 56.9 Å². The fourth-order valence-corrected chi connectivity index (χ4v) is 4.38. The van der Waals surface area contributed by atoms with Crippen molar-refractivity contribution < 1.29 is 28.6 Å². The Morgan fingerprint density at radius 2 is 2.06 bits per heavy atom. The SMILES string of the molecule is C=CC1CC1(C=O)NC(=O)C1CC(Oc2nccc3cc(OC)ccc23)CN1C(=O)OC(C)(C)C. The van der Waals surface area contributed by atoms with Crippen molar-refractivity contribution in [2.24, 2.45) is 5.92 Å². The molecule has 4 atom stereocenters. The summed E-state index contributed by atoms with van der Waals surface area (Å²) >= 11 is 0. The monoisotopic (exact) mass is 481 g/mol. The van der Waals surface area contributed by atoms with Crippen molar-refractivity contribution in [3.05, 3.63) is 43.1 Å². The standard InChI is InChI=1S/C26H31N3O6/c1-6-17-13-26(17,15-30)28-22(31)21-12-19(14-29(21)24(32)35-25(2,3)4)34-23-20-8-7-18(33-5)11-16(20)9-10-27-23/h6-11,15,17,19,21H,1,12-14H2,2-5H3,(H,28,31). The Morgan fingerprint density at radius 3 is 2.69 bits per heavy atom. The molecule has 2 amide bonds. The van der Waals surface area contributed by atoms with E-state index in [4.69, 9.17) is 14.2 Å². The maximum Gasteiger partial charge on any atom is 0.411 e. The van der Waals surface area contributed by atoms with Gasteiger partial charge in [-0.05, 0) is 56.8 Å². The van der Waals surface area contributed by atoms with Crippen molar-refractivity contribution in [1.82, 2.24) is 15.2 Å². The lowest BCUT2D eigenvalue weighted by Crippen LogP contribution is -2.51. The lowest BCUT2D eigenvalue weighted by molar-refractivity contribution is -0.128. The lowest BCUT2D eigenvalue weighted by Gasteiger charge is -2.28. The molecule has 9 heteroatoms. The van der Waals surface area contributed by atoms with E-state index in [0.717, 1.165) is 17.1 Å². The zero-order chi connectivity index (χ0) is 25.4. The Labute approximate surface area is 204 Å². The first-order chi connectivity index (χ1) is 16.6. The van der Waals surface area contributed by atoms with Crippen LogP contribution < -0.4 is 14.8 Å². The van der Waals surface area contributed by atoms with E-state index < -0.39 is 35.3 Å². The lowest BCUT2D eigenvalue weighted by atomic mass is 10.1. The number of amides is 2. The summed E-state index contributed by atoms with van der Waals surface area (Å²) in [5.74, 6) is 0.572. The van der Waals surface area contributed by atoms with Gasteiger partial charge in [0, 0.05) is 23.9 Å². The van der Waals surface area contributed by atoms with Crippen LogP contribution in [0.3, 0.4) is 0 Å². The van der Waals surface area contributed by atoms with Gasteiger partial charge in [0.05, 0.1) is 13.7 Å². The van der Waals surface area contributed by atoms with E-state index in [2.05, 4.69) is 16.9 Å². The van der Waals surface area contributed by atoms with Crippen LogP contribution in [0.1, 0.15) is 33.6 Å². The Hall–Kier alpha value is -3.62. The third kappa shape index (κ3) is 5.08. The van der Waals surface area contributed by atoms with Gasteiger partial charge in [-0.25, -0.2) is 9.78 Å². The summed E-state index contributed by atoms with van der Waals surface area (Å²) in [4.78, 5) is 43.6. The molecular weight excluding hydrogens is 450 g/mol. The fourth-order valence-electron chi connectivity index (χ4n) is 4.38. The summed E-state index contributed by atoms with van der Waals surface area (Å²) in [6.07, 6.45) is 3.64. The second-order valence-electron chi connectivity index (χ2n) is 10.0. The van der Waals surface area contributed by atoms with Crippen LogP contribution in [0.5, 0.6) is 11.6 Å².